The van der Waals surface area contributed by atoms with Crippen LogP contribution in [-0.2, 0) is 14.8 Å². The first-order valence-electron chi connectivity index (χ1n) is 8.04. The summed E-state index contributed by atoms with van der Waals surface area (Å²) >= 11 is 0. The first-order chi connectivity index (χ1) is 12.8. The molecule has 0 aliphatic rings. The van der Waals surface area contributed by atoms with Crippen LogP contribution in [0.25, 0.3) is 0 Å². The Hall–Kier alpha value is -2.65. The van der Waals surface area contributed by atoms with Crippen molar-refractivity contribution in [3.63, 3.8) is 0 Å². The summed E-state index contributed by atoms with van der Waals surface area (Å²) in [6.07, 6.45) is 0. The molecule has 0 spiro atoms. The summed E-state index contributed by atoms with van der Waals surface area (Å²) in [5.74, 6) is -0.105. The number of hydrogen-bond acceptors (Lipinski definition) is 5. The fourth-order valence-electron chi connectivity index (χ4n) is 2.46. The standard InChI is InChI=1S/C18H21FN2O5S/c1-13(22)21(15-6-4-14(19)5-7-15)11-10-20-27(23,24)18-9-8-16(25-2)12-17(18)26-3/h4-9,12,20H,10-11H2,1-3H3. The molecule has 2 aromatic rings. The zero-order chi connectivity index (χ0) is 20.0. The molecule has 1 amide bonds. The van der Waals surface area contributed by atoms with E-state index in [1.165, 1.54) is 68.5 Å². The average Bonchev–Trinajstić information content (AvgIpc) is 2.65. The largest absolute Gasteiger partial charge is 0.497 e. The number of sulfonamides is 1. The van der Waals surface area contributed by atoms with E-state index in [-0.39, 0.29) is 29.6 Å². The van der Waals surface area contributed by atoms with Crippen LogP contribution in [0, 0.1) is 5.82 Å². The molecule has 1 N–H and O–H groups in total. The van der Waals surface area contributed by atoms with Crippen molar-refractivity contribution in [2.75, 3.05) is 32.2 Å². The number of amides is 1. The summed E-state index contributed by atoms with van der Waals surface area (Å²) in [4.78, 5) is 13.2. The number of hydrogen-bond donors (Lipinski definition) is 1. The number of ether oxygens (including phenoxy) is 2. The topological polar surface area (TPSA) is 84.9 Å². The summed E-state index contributed by atoms with van der Waals surface area (Å²) in [6.45, 7) is 1.40. The van der Waals surface area contributed by atoms with Crippen LogP contribution >= 0.6 is 0 Å². The van der Waals surface area contributed by atoms with Gasteiger partial charge in [0.05, 0.1) is 14.2 Å². The Kier molecular flexibility index (Phi) is 6.75. The van der Waals surface area contributed by atoms with Crippen molar-refractivity contribution in [3.8, 4) is 11.5 Å². The lowest BCUT2D eigenvalue weighted by molar-refractivity contribution is -0.116. The van der Waals surface area contributed by atoms with E-state index >= 15 is 0 Å². The second-order valence-electron chi connectivity index (χ2n) is 5.56. The van der Waals surface area contributed by atoms with Gasteiger partial charge in [-0.1, -0.05) is 0 Å². The van der Waals surface area contributed by atoms with Crippen LogP contribution in [0.15, 0.2) is 47.4 Å². The highest BCUT2D eigenvalue weighted by molar-refractivity contribution is 7.89. The molecule has 0 aliphatic heterocycles. The molecule has 27 heavy (non-hydrogen) atoms. The van der Waals surface area contributed by atoms with E-state index in [0.29, 0.717) is 11.4 Å². The molecule has 7 nitrogen and oxygen atoms in total. The number of anilines is 1. The maximum absolute atomic E-state index is 13.1. The molecule has 9 heteroatoms. The number of nitrogens with one attached hydrogen (secondary N) is 1. The van der Waals surface area contributed by atoms with Gasteiger partial charge < -0.3 is 14.4 Å². The summed E-state index contributed by atoms with van der Waals surface area (Å²) in [5, 5.41) is 0. The lowest BCUT2D eigenvalue weighted by Gasteiger charge is -2.21. The van der Waals surface area contributed by atoms with E-state index in [0.717, 1.165) is 0 Å². The van der Waals surface area contributed by atoms with Crippen molar-refractivity contribution in [2.45, 2.75) is 11.8 Å². The third-order valence-electron chi connectivity index (χ3n) is 3.81. The first kappa shape index (κ1) is 20.7. The second-order valence-corrected chi connectivity index (χ2v) is 7.30. The molecule has 0 unspecified atom stereocenters. The van der Waals surface area contributed by atoms with Crippen molar-refractivity contribution in [3.05, 3.63) is 48.3 Å². The van der Waals surface area contributed by atoms with Gasteiger partial charge >= 0.3 is 0 Å². The Morgan fingerprint density at radius 2 is 1.78 bits per heavy atom. The Labute approximate surface area is 157 Å². The van der Waals surface area contributed by atoms with Gasteiger partial charge in [-0.05, 0) is 36.4 Å². The summed E-state index contributed by atoms with van der Waals surface area (Å²) < 4.78 is 50.8. The number of rotatable bonds is 8. The fourth-order valence-corrected chi connectivity index (χ4v) is 3.63. The fraction of sp³-hybridized carbons (Fsp3) is 0.278. The highest BCUT2D eigenvalue weighted by Crippen LogP contribution is 2.28. The molecule has 0 bridgehead atoms. The molecule has 0 radical (unpaired) electrons. The maximum Gasteiger partial charge on any atom is 0.244 e. The van der Waals surface area contributed by atoms with Gasteiger partial charge in [-0.3, -0.25) is 4.79 Å². The number of benzene rings is 2. The zero-order valence-electron chi connectivity index (χ0n) is 15.2. The zero-order valence-corrected chi connectivity index (χ0v) is 16.0. The third kappa shape index (κ3) is 5.18. The number of nitrogens with zero attached hydrogens (tertiary/aromatic N) is 1. The molecule has 146 valence electrons. The Morgan fingerprint density at radius 1 is 1.11 bits per heavy atom. The van der Waals surface area contributed by atoms with Crippen LogP contribution in [0.1, 0.15) is 6.92 Å². The van der Waals surface area contributed by atoms with E-state index in [1.54, 1.807) is 0 Å². The molecular weight excluding hydrogens is 375 g/mol. The minimum Gasteiger partial charge on any atom is -0.497 e. The van der Waals surface area contributed by atoms with Crippen LogP contribution in [-0.4, -0.2) is 41.6 Å². The smallest absolute Gasteiger partial charge is 0.244 e. The predicted molar refractivity (Wildman–Crippen MR) is 99.2 cm³/mol. The van der Waals surface area contributed by atoms with Crippen LogP contribution in [0.5, 0.6) is 11.5 Å². The van der Waals surface area contributed by atoms with Gasteiger partial charge in [-0.15, -0.1) is 0 Å². The van der Waals surface area contributed by atoms with Crippen LogP contribution in [0.4, 0.5) is 10.1 Å². The molecular formula is C18H21FN2O5S. The van der Waals surface area contributed by atoms with Crippen molar-refractivity contribution in [2.24, 2.45) is 0 Å². The van der Waals surface area contributed by atoms with Crippen LogP contribution in [0.2, 0.25) is 0 Å². The second kappa shape index (κ2) is 8.83. The van der Waals surface area contributed by atoms with Crippen molar-refractivity contribution in [1.82, 2.24) is 4.72 Å². The van der Waals surface area contributed by atoms with Gasteiger partial charge in [0.1, 0.15) is 22.2 Å². The number of halogens is 1. The van der Waals surface area contributed by atoms with Crippen molar-refractivity contribution < 1.29 is 27.1 Å². The van der Waals surface area contributed by atoms with E-state index < -0.39 is 15.8 Å². The average molecular weight is 396 g/mol. The predicted octanol–water partition coefficient (Wildman–Crippen LogP) is 2.17. The van der Waals surface area contributed by atoms with E-state index in [4.69, 9.17) is 9.47 Å². The van der Waals surface area contributed by atoms with Crippen molar-refractivity contribution >= 4 is 21.6 Å². The lowest BCUT2D eigenvalue weighted by Crippen LogP contribution is -2.37. The SMILES string of the molecule is COc1ccc(S(=O)(=O)NCCN(C(C)=O)c2ccc(F)cc2)c(OC)c1. The van der Waals surface area contributed by atoms with Gasteiger partial charge in [0.25, 0.3) is 0 Å². The normalized spacial score (nSPS) is 11.1. The minimum atomic E-state index is -3.87. The van der Waals surface area contributed by atoms with Gasteiger partial charge in [-0.2, -0.15) is 0 Å². The Morgan fingerprint density at radius 3 is 2.33 bits per heavy atom. The molecule has 0 heterocycles. The van der Waals surface area contributed by atoms with E-state index in [9.17, 15) is 17.6 Å². The molecule has 0 atom stereocenters. The summed E-state index contributed by atoms with van der Waals surface area (Å²) in [7, 11) is -1.04. The monoisotopic (exact) mass is 396 g/mol. The third-order valence-corrected chi connectivity index (χ3v) is 5.31. The quantitative estimate of drug-likeness (QED) is 0.739. The van der Waals surface area contributed by atoms with Crippen LogP contribution in [0.3, 0.4) is 0 Å². The number of methoxy groups -OCH3 is 2. The molecule has 0 saturated carbocycles. The molecule has 0 aromatic heterocycles. The number of carbonyl (C=O) groups is 1. The van der Waals surface area contributed by atoms with E-state index in [2.05, 4.69) is 4.72 Å². The highest BCUT2D eigenvalue weighted by Gasteiger charge is 2.21. The van der Waals surface area contributed by atoms with Crippen LogP contribution < -0.4 is 19.1 Å². The Balaban J connectivity index is 2.12. The van der Waals surface area contributed by atoms with E-state index in [1.807, 2.05) is 0 Å². The van der Waals surface area contributed by atoms with Gasteiger partial charge in [0.2, 0.25) is 15.9 Å². The van der Waals surface area contributed by atoms with Crippen molar-refractivity contribution in [1.29, 1.82) is 0 Å². The summed E-state index contributed by atoms with van der Waals surface area (Å²) in [5.41, 5.74) is 0.477. The molecule has 0 aliphatic carbocycles. The minimum absolute atomic E-state index is 0.0333. The van der Waals surface area contributed by atoms with Gasteiger partial charge in [-0.25, -0.2) is 17.5 Å². The molecule has 2 aromatic carbocycles. The first-order valence-corrected chi connectivity index (χ1v) is 9.52. The lowest BCUT2D eigenvalue weighted by atomic mass is 10.2. The Bertz CT molecular complexity index is 900. The summed E-state index contributed by atoms with van der Waals surface area (Å²) in [6, 6.07) is 9.74. The molecule has 0 saturated heterocycles. The van der Waals surface area contributed by atoms with Gasteiger partial charge in [0.15, 0.2) is 0 Å². The number of carbonyl (C=O) groups excluding carboxylic acids is 1. The molecule has 2 rings (SSSR count). The molecule has 0 fully saturated rings. The maximum atomic E-state index is 13.1. The highest BCUT2D eigenvalue weighted by atomic mass is 32.2. The van der Waals surface area contributed by atoms with Gasteiger partial charge in [0, 0.05) is 31.8 Å².